The van der Waals surface area contributed by atoms with E-state index in [4.69, 9.17) is 26.2 Å². The van der Waals surface area contributed by atoms with Crippen LogP contribution in [-0.4, -0.2) is 28.3 Å². The number of hydrogen-bond donors (Lipinski definition) is 1. The largest absolute Gasteiger partial charge is 0.452 e. The SMILES string of the molecule is Cc1ccc(CC2CONC(c3c(Oc4cccc(Cl)c4F)cnn(C)c3=O)=N2)c(C)c1. The topological polar surface area (TPSA) is 77.7 Å². The first-order chi connectivity index (χ1) is 15.3. The average molecular weight is 457 g/mol. The lowest BCUT2D eigenvalue weighted by Gasteiger charge is -2.23. The molecule has 3 aromatic rings. The molecule has 0 spiro atoms. The van der Waals surface area contributed by atoms with Gasteiger partial charge in [0, 0.05) is 7.05 Å². The lowest BCUT2D eigenvalue weighted by molar-refractivity contribution is 0.0622. The normalized spacial score (nSPS) is 15.8. The molecule has 0 bridgehead atoms. The van der Waals surface area contributed by atoms with Crippen LogP contribution < -0.4 is 15.8 Å². The third kappa shape index (κ3) is 4.51. The zero-order valence-corrected chi connectivity index (χ0v) is 18.6. The minimum Gasteiger partial charge on any atom is -0.452 e. The van der Waals surface area contributed by atoms with Crippen LogP contribution in [0.25, 0.3) is 0 Å². The smallest absolute Gasteiger partial charge is 0.281 e. The van der Waals surface area contributed by atoms with Crippen LogP contribution in [0.5, 0.6) is 11.5 Å². The van der Waals surface area contributed by atoms with E-state index in [2.05, 4.69) is 35.7 Å². The van der Waals surface area contributed by atoms with Gasteiger partial charge in [0.25, 0.3) is 5.56 Å². The molecule has 7 nitrogen and oxygen atoms in total. The van der Waals surface area contributed by atoms with Gasteiger partial charge in [-0.2, -0.15) is 5.10 Å². The first kappa shape index (κ1) is 22.0. The summed E-state index contributed by atoms with van der Waals surface area (Å²) in [6, 6.07) is 10.4. The van der Waals surface area contributed by atoms with E-state index < -0.39 is 11.4 Å². The summed E-state index contributed by atoms with van der Waals surface area (Å²) < 4.78 is 21.2. The summed E-state index contributed by atoms with van der Waals surface area (Å²) in [5.41, 5.74) is 5.83. The first-order valence-electron chi connectivity index (χ1n) is 10.0. The van der Waals surface area contributed by atoms with Crippen molar-refractivity contribution in [1.82, 2.24) is 15.3 Å². The van der Waals surface area contributed by atoms with E-state index in [1.807, 2.05) is 6.92 Å². The lowest BCUT2D eigenvalue weighted by atomic mass is 9.99. The van der Waals surface area contributed by atoms with Gasteiger partial charge in [0.15, 0.2) is 23.2 Å². The number of ether oxygens (including phenoxy) is 1. The second kappa shape index (κ2) is 9.10. The van der Waals surface area contributed by atoms with Gasteiger partial charge in [-0.05, 0) is 43.5 Å². The molecule has 1 aliphatic rings. The van der Waals surface area contributed by atoms with Crippen molar-refractivity contribution in [1.29, 1.82) is 0 Å². The summed E-state index contributed by atoms with van der Waals surface area (Å²) in [6.45, 7) is 4.44. The fourth-order valence-corrected chi connectivity index (χ4v) is 3.67. The Balaban J connectivity index is 1.70. The van der Waals surface area contributed by atoms with Crippen LogP contribution in [0.15, 0.2) is 52.4 Å². The molecule has 9 heteroatoms. The van der Waals surface area contributed by atoms with Crippen molar-refractivity contribution in [3.05, 3.63) is 86.0 Å². The highest BCUT2D eigenvalue weighted by molar-refractivity contribution is 6.30. The molecule has 1 unspecified atom stereocenters. The highest BCUT2D eigenvalue weighted by Gasteiger charge is 2.25. The van der Waals surface area contributed by atoms with Gasteiger partial charge in [-0.25, -0.2) is 14.6 Å². The third-order valence-corrected chi connectivity index (χ3v) is 5.48. The molecule has 2 aromatic carbocycles. The number of nitrogens with one attached hydrogen (secondary N) is 1. The molecular weight excluding hydrogens is 435 g/mol. The summed E-state index contributed by atoms with van der Waals surface area (Å²) in [7, 11) is 1.51. The van der Waals surface area contributed by atoms with E-state index in [0.29, 0.717) is 13.0 Å². The number of aromatic nitrogens is 2. The Morgan fingerprint density at radius 2 is 2.09 bits per heavy atom. The molecule has 0 saturated heterocycles. The van der Waals surface area contributed by atoms with Crippen molar-refractivity contribution < 1.29 is 14.0 Å². The van der Waals surface area contributed by atoms with E-state index in [1.54, 1.807) is 6.07 Å². The van der Waals surface area contributed by atoms with Crippen molar-refractivity contribution >= 4 is 17.4 Å². The van der Waals surface area contributed by atoms with Crippen molar-refractivity contribution in [3.8, 4) is 11.5 Å². The molecular formula is C23H22ClFN4O3. The number of amidine groups is 1. The Morgan fingerprint density at radius 3 is 2.88 bits per heavy atom. The van der Waals surface area contributed by atoms with E-state index in [9.17, 15) is 9.18 Å². The van der Waals surface area contributed by atoms with Crippen molar-refractivity contribution in [3.63, 3.8) is 0 Å². The first-order valence-corrected chi connectivity index (χ1v) is 10.4. The van der Waals surface area contributed by atoms with Crippen LogP contribution in [0.2, 0.25) is 5.02 Å². The Labute approximate surface area is 189 Å². The second-order valence-electron chi connectivity index (χ2n) is 7.65. The van der Waals surface area contributed by atoms with Crippen molar-refractivity contribution in [2.24, 2.45) is 12.0 Å². The summed E-state index contributed by atoms with van der Waals surface area (Å²) in [6.07, 6.45) is 1.97. The van der Waals surface area contributed by atoms with Gasteiger partial charge in [0.2, 0.25) is 0 Å². The number of halogens is 2. The predicted octanol–water partition coefficient (Wildman–Crippen LogP) is 3.87. The van der Waals surface area contributed by atoms with E-state index in [1.165, 1.54) is 36.5 Å². The van der Waals surface area contributed by atoms with Gasteiger partial charge in [-0.15, -0.1) is 0 Å². The fraction of sp³-hybridized carbons (Fsp3) is 0.261. The molecule has 1 N–H and O–H groups in total. The Bertz CT molecular complexity index is 1260. The molecule has 1 aromatic heterocycles. The maximum absolute atomic E-state index is 14.4. The molecule has 2 heterocycles. The Hall–Kier alpha value is -3.23. The molecule has 0 aliphatic carbocycles. The highest BCUT2D eigenvalue weighted by atomic mass is 35.5. The number of nitrogens with zero attached hydrogens (tertiary/aromatic N) is 3. The van der Waals surface area contributed by atoms with Crippen LogP contribution in [0.3, 0.4) is 0 Å². The van der Waals surface area contributed by atoms with Crippen LogP contribution in [0.4, 0.5) is 4.39 Å². The Morgan fingerprint density at radius 1 is 1.28 bits per heavy atom. The number of hydroxylamine groups is 1. The van der Waals surface area contributed by atoms with Crippen LogP contribution in [-0.2, 0) is 18.3 Å². The highest BCUT2D eigenvalue weighted by Crippen LogP contribution is 2.30. The minimum absolute atomic E-state index is 0.0382. The van der Waals surface area contributed by atoms with Crippen LogP contribution >= 0.6 is 11.6 Å². The predicted molar refractivity (Wildman–Crippen MR) is 120 cm³/mol. The van der Waals surface area contributed by atoms with Gasteiger partial charge < -0.3 is 4.74 Å². The van der Waals surface area contributed by atoms with Crippen LogP contribution in [0, 0.1) is 19.7 Å². The van der Waals surface area contributed by atoms with Crippen molar-refractivity contribution in [2.45, 2.75) is 26.3 Å². The third-order valence-electron chi connectivity index (χ3n) is 5.19. The minimum atomic E-state index is -0.733. The molecule has 166 valence electrons. The van der Waals surface area contributed by atoms with E-state index >= 15 is 0 Å². The maximum atomic E-state index is 14.4. The number of aryl methyl sites for hydroxylation is 3. The maximum Gasteiger partial charge on any atom is 0.281 e. The summed E-state index contributed by atoms with van der Waals surface area (Å²) in [5.74, 6) is -0.621. The average Bonchev–Trinajstić information content (AvgIpc) is 2.76. The molecule has 1 aliphatic heterocycles. The van der Waals surface area contributed by atoms with Gasteiger partial charge >= 0.3 is 0 Å². The molecule has 1 atom stereocenters. The summed E-state index contributed by atoms with van der Waals surface area (Å²) in [5, 5.41) is 3.90. The van der Waals surface area contributed by atoms with Gasteiger partial charge in [-0.1, -0.05) is 41.4 Å². The van der Waals surface area contributed by atoms with Gasteiger partial charge in [0.05, 0.1) is 23.9 Å². The zero-order chi connectivity index (χ0) is 22.8. The zero-order valence-electron chi connectivity index (χ0n) is 17.9. The fourth-order valence-electron chi connectivity index (χ4n) is 3.50. The standard InChI is InChI=1S/C23H22ClFN4O3/c1-13-7-8-15(14(2)9-13)10-16-12-31-28-22(27-16)20-19(11-26-29(3)23(20)30)32-18-6-4-5-17(24)21(18)25/h4-9,11,16H,10,12H2,1-3H3,(H,27,28). The Kier molecular flexibility index (Phi) is 6.25. The molecule has 0 amide bonds. The lowest BCUT2D eigenvalue weighted by Crippen LogP contribution is -2.40. The van der Waals surface area contributed by atoms with Gasteiger partial charge in [-0.3, -0.25) is 14.6 Å². The number of aliphatic imine (C=N–C) groups is 1. The van der Waals surface area contributed by atoms with Gasteiger partial charge in [0.1, 0.15) is 5.56 Å². The molecule has 32 heavy (non-hydrogen) atoms. The molecule has 4 rings (SSSR count). The number of hydrogen-bond acceptors (Lipinski definition) is 6. The number of benzene rings is 2. The summed E-state index contributed by atoms with van der Waals surface area (Å²) >= 11 is 5.85. The molecule has 0 radical (unpaired) electrons. The summed E-state index contributed by atoms with van der Waals surface area (Å²) in [4.78, 5) is 23.1. The van der Waals surface area contributed by atoms with Crippen LogP contribution in [0.1, 0.15) is 22.3 Å². The number of rotatable bonds is 5. The van der Waals surface area contributed by atoms with Crippen molar-refractivity contribution in [2.75, 3.05) is 6.61 Å². The second-order valence-corrected chi connectivity index (χ2v) is 8.05. The molecule has 0 saturated carbocycles. The van der Waals surface area contributed by atoms with E-state index in [0.717, 1.165) is 10.2 Å². The molecule has 0 fully saturated rings. The quantitative estimate of drug-likeness (QED) is 0.630. The monoisotopic (exact) mass is 456 g/mol. The van der Waals surface area contributed by atoms with E-state index in [-0.39, 0.29) is 34.0 Å².